The molecule has 0 saturated carbocycles. The van der Waals surface area contributed by atoms with Crippen LogP contribution in [0.1, 0.15) is 24.1 Å². The predicted octanol–water partition coefficient (Wildman–Crippen LogP) is 3.76. The lowest BCUT2D eigenvalue weighted by Crippen LogP contribution is -1.86. The molecule has 13 heavy (non-hydrogen) atoms. The lowest BCUT2D eigenvalue weighted by molar-refractivity contribution is 1.25. The average molecular weight is 172 g/mol. The summed E-state index contributed by atoms with van der Waals surface area (Å²) in [6.45, 7) is 2.13. The lowest BCUT2D eigenvalue weighted by Gasteiger charge is -2.02. The Morgan fingerprint density at radius 1 is 1.15 bits per heavy atom. The topological polar surface area (TPSA) is 0 Å². The second-order valence-corrected chi connectivity index (χ2v) is 3.19. The van der Waals surface area contributed by atoms with Crippen LogP contribution in [-0.4, -0.2) is 0 Å². The molecule has 1 aliphatic rings. The van der Waals surface area contributed by atoms with Crippen LogP contribution in [0.15, 0.2) is 36.4 Å². The van der Waals surface area contributed by atoms with E-state index in [4.69, 9.17) is 0 Å². The maximum Gasteiger partial charge on any atom is -0.00884 e. The maximum atomic E-state index is 2.23. The molecule has 1 aliphatic carbocycles. The number of fused-ring (bicyclic) bond motifs is 1. The molecule has 0 nitrogen and oxygen atoms in total. The van der Waals surface area contributed by atoms with Crippen LogP contribution in [0.25, 0.3) is 6.08 Å². The van der Waals surface area contributed by atoms with Gasteiger partial charge in [-0.1, -0.05) is 55.5 Å². The molecule has 68 valence electrons. The second-order valence-electron chi connectivity index (χ2n) is 3.19. The van der Waals surface area contributed by atoms with E-state index in [1.165, 1.54) is 16.7 Å². The van der Waals surface area contributed by atoms with Gasteiger partial charge in [0.05, 0.1) is 0 Å². The molecule has 0 amide bonds. The van der Waals surface area contributed by atoms with Crippen LogP contribution < -0.4 is 0 Å². The number of hydrogen-bond acceptors (Lipinski definition) is 0. The van der Waals surface area contributed by atoms with Gasteiger partial charge in [0.1, 0.15) is 0 Å². The summed E-state index contributed by atoms with van der Waals surface area (Å²) >= 11 is 0. The zero-order valence-electron chi connectivity index (χ0n) is 7.25. The lowest BCUT2D eigenvalue weighted by atomic mass is 10.0. The van der Waals surface area contributed by atoms with Gasteiger partial charge in [-0.25, -0.2) is 0 Å². The van der Waals surface area contributed by atoms with Crippen LogP contribution in [0.2, 0.25) is 0 Å². The highest BCUT2D eigenvalue weighted by atomic mass is 14.0. The molecule has 0 aliphatic heterocycles. The van der Waals surface area contributed by atoms with Crippen molar-refractivity contribution < 1.29 is 0 Å². The molecule has 0 radical (unpaired) electrons. The van der Waals surface area contributed by atoms with Crippen LogP contribution >= 0.6 is 0 Å². The fraction of sp³-hybridized carbons (Fsp3) is 0.231. The van der Waals surface area contributed by atoms with E-state index in [0.717, 1.165) is 6.42 Å². The third-order valence-electron chi connectivity index (χ3n) is 2.16. The van der Waals surface area contributed by atoms with Crippen LogP contribution in [0.4, 0.5) is 0 Å². The van der Waals surface area contributed by atoms with E-state index in [-0.39, 0.29) is 7.43 Å². The minimum Gasteiger partial charge on any atom is -0.0801 e. The van der Waals surface area contributed by atoms with Gasteiger partial charge in [0.15, 0.2) is 0 Å². The Bertz CT molecular complexity index is 343. The highest BCUT2D eigenvalue weighted by Crippen LogP contribution is 2.16. The molecule has 0 N–H and O–H groups in total. The number of aryl methyl sites for hydroxylation is 1. The normalized spacial score (nSPS) is 13.0. The molecule has 0 heteroatoms. The van der Waals surface area contributed by atoms with Gasteiger partial charge in [-0.2, -0.15) is 0 Å². The molecule has 1 aromatic carbocycles. The minimum absolute atomic E-state index is 0. The van der Waals surface area contributed by atoms with Gasteiger partial charge in [-0.05, 0) is 24.5 Å². The monoisotopic (exact) mass is 172 g/mol. The molecular weight excluding hydrogens is 156 g/mol. The van der Waals surface area contributed by atoms with E-state index in [1.807, 2.05) is 0 Å². The summed E-state index contributed by atoms with van der Waals surface area (Å²) in [7, 11) is 0. The zero-order valence-corrected chi connectivity index (χ0v) is 7.25. The molecular formula is C13H16. The maximum absolute atomic E-state index is 2.23. The van der Waals surface area contributed by atoms with Gasteiger partial charge >= 0.3 is 0 Å². The van der Waals surface area contributed by atoms with Crippen molar-refractivity contribution in [3.8, 4) is 0 Å². The molecule has 0 spiro atoms. The first-order chi connectivity index (χ1) is 5.86. The van der Waals surface area contributed by atoms with Crippen LogP contribution in [0.3, 0.4) is 0 Å². The fourth-order valence-corrected chi connectivity index (χ4v) is 1.49. The fourth-order valence-electron chi connectivity index (χ4n) is 1.49. The predicted molar refractivity (Wildman–Crippen MR) is 59.8 cm³/mol. The molecule has 1 aromatic rings. The van der Waals surface area contributed by atoms with Gasteiger partial charge in [-0.3, -0.25) is 0 Å². The van der Waals surface area contributed by atoms with Crippen LogP contribution in [0.5, 0.6) is 0 Å². The summed E-state index contributed by atoms with van der Waals surface area (Å²) < 4.78 is 0. The Labute approximate surface area is 80.6 Å². The van der Waals surface area contributed by atoms with Crippen molar-refractivity contribution in [2.75, 3.05) is 0 Å². The van der Waals surface area contributed by atoms with Crippen molar-refractivity contribution in [3.63, 3.8) is 0 Å². The standard InChI is InChI=1S/C12H12.CH4/c1-10-7-8-11-5-3-2-4-6-12(11)9-10;/h2-4,6-9H,5H2,1H3;1H4. The number of hydrogen-bond donors (Lipinski definition) is 0. The quantitative estimate of drug-likeness (QED) is 0.559. The Morgan fingerprint density at radius 3 is 2.85 bits per heavy atom. The first-order valence-corrected chi connectivity index (χ1v) is 4.29. The molecule has 2 rings (SSSR count). The van der Waals surface area contributed by atoms with Crippen molar-refractivity contribution in [2.45, 2.75) is 20.8 Å². The van der Waals surface area contributed by atoms with Gasteiger partial charge in [0.2, 0.25) is 0 Å². The Morgan fingerprint density at radius 2 is 2.00 bits per heavy atom. The van der Waals surface area contributed by atoms with E-state index >= 15 is 0 Å². The highest BCUT2D eigenvalue weighted by Gasteiger charge is 1.99. The van der Waals surface area contributed by atoms with Gasteiger partial charge in [0.25, 0.3) is 0 Å². The Balaban J connectivity index is 0.000000845. The molecule has 0 aromatic heterocycles. The third-order valence-corrected chi connectivity index (χ3v) is 2.16. The highest BCUT2D eigenvalue weighted by molar-refractivity contribution is 5.58. The average Bonchev–Trinajstić information content (AvgIpc) is 2.28. The molecule has 0 bridgehead atoms. The Kier molecular flexibility index (Phi) is 3.07. The summed E-state index contributed by atoms with van der Waals surface area (Å²) in [6.07, 6.45) is 9.63. The first kappa shape index (κ1) is 9.79. The zero-order chi connectivity index (χ0) is 8.39. The molecule has 0 atom stereocenters. The molecule has 0 heterocycles. The van der Waals surface area contributed by atoms with Crippen LogP contribution in [0, 0.1) is 6.92 Å². The number of benzene rings is 1. The van der Waals surface area contributed by atoms with E-state index in [1.54, 1.807) is 0 Å². The summed E-state index contributed by atoms with van der Waals surface area (Å²) in [5, 5.41) is 0. The third kappa shape index (κ3) is 2.09. The van der Waals surface area contributed by atoms with Crippen molar-refractivity contribution >= 4 is 6.08 Å². The summed E-state index contributed by atoms with van der Waals surface area (Å²) in [5.41, 5.74) is 4.12. The minimum atomic E-state index is 0. The van der Waals surface area contributed by atoms with E-state index in [9.17, 15) is 0 Å². The van der Waals surface area contributed by atoms with Crippen molar-refractivity contribution in [1.29, 1.82) is 0 Å². The van der Waals surface area contributed by atoms with Gasteiger partial charge in [-0.15, -0.1) is 0 Å². The summed E-state index contributed by atoms with van der Waals surface area (Å²) in [5.74, 6) is 0. The number of rotatable bonds is 0. The number of allylic oxidation sites excluding steroid dienone is 3. The van der Waals surface area contributed by atoms with Crippen LogP contribution in [-0.2, 0) is 6.42 Å². The van der Waals surface area contributed by atoms with Crippen molar-refractivity contribution in [2.24, 2.45) is 0 Å². The molecule has 0 fully saturated rings. The van der Waals surface area contributed by atoms with Gasteiger partial charge < -0.3 is 0 Å². The largest absolute Gasteiger partial charge is 0.0801 e. The second kappa shape index (κ2) is 4.08. The van der Waals surface area contributed by atoms with Gasteiger partial charge in [0, 0.05) is 0 Å². The first-order valence-electron chi connectivity index (χ1n) is 4.29. The van der Waals surface area contributed by atoms with E-state index < -0.39 is 0 Å². The SMILES string of the molecule is C.Cc1ccc2c(c1)C=CC=CC2. The smallest absolute Gasteiger partial charge is 0.00884 e. The summed E-state index contributed by atoms with van der Waals surface area (Å²) in [4.78, 5) is 0. The Hall–Kier alpha value is -1.30. The molecule has 0 saturated heterocycles. The summed E-state index contributed by atoms with van der Waals surface area (Å²) in [6, 6.07) is 6.62. The van der Waals surface area contributed by atoms with Crippen molar-refractivity contribution in [3.05, 3.63) is 53.1 Å². The van der Waals surface area contributed by atoms with E-state index in [2.05, 4.69) is 49.4 Å². The molecule has 0 unspecified atom stereocenters. The van der Waals surface area contributed by atoms with E-state index in [0.29, 0.717) is 0 Å². The van der Waals surface area contributed by atoms with Crippen molar-refractivity contribution in [1.82, 2.24) is 0 Å².